The first-order chi connectivity index (χ1) is 10.2. The normalized spacial score (nSPS) is 12.5. The molecule has 1 amide bonds. The molecule has 5 heteroatoms. The van der Waals surface area contributed by atoms with Crippen LogP contribution in [0.25, 0.3) is 0 Å². The lowest BCUT2D eigenvalue weighted by atomic mass is 10.0. The van der Waals surface area contributed by atoms with Gasteiger partial charge in [-0.05, 0) is 39.7 Å². The van der Waals surface area contributed by atoms with Crippen molar-refractivity contribution in [1.29, 1.82) is 0 Å². The zero-order chi connectivity index (χ0) is 16.8. The van der Waals surface area contributed by atoms with Gasteiger partial charge in [-0.25, -0.2) is 4.79 Å². The lowest BCUT2D eigenvalue weighted by Gasteiger charge is -2.32. The molecule has 0 spiro atoms. The van der Waals surface area contributed by atoms with Gasteiger partial charge in [-0.15, -0.1) is 0 Å². The minimum atomic E-state index is -0.928. The molecule has 0 aliphatic heterocycles. The molecule has 0 fully saturated rings. The molecule has 0 heterocycles. The van der Waals surface area contributed by atoms with Gasteiger partial charge < -0.3 is 14.7 Å². The van der Waals surface area contributed by atoms with Gasteiger partial charge in [-0.2, -0.15) is 0 Å². The van der Waals surface area contributed by atoms with Crippen molar-refractivity contribution >= 4 is 12.1 Å². The lowest BCUT2D eigenvalue weighted by Crippen LogP contribution is -2.45. The van der Waals surface area contributed by atoms with Crippen LogP contribution in [0.5, 0.6) is 0 Å². The lowest BCUT2D eigenvalue weighted by molar-refractivity contribution is -0.138. The highest BCUT2D eigenvalue weighted by Crippen LogP contribution is 2.17. The van der Waals surface area contributed by atoms with Crippen LogP contribution in [0.3, 0.4) is 0 Å². The summed E-state index contributed by atoms with van der Waals surface area (Å²) in [6.07, 6.45) is -0.0976. The summed E-state index contributed by atoms with van der Waals surface area (Å²) in [4.78, 5) is 25.0. The van der Waals surface area contributed by atoms with E-state index in [4.69, 9.17) is 9.84 Å². The number of aliphatic carboxylic acids is 1. The van der Waals surface area contributed by atoms with Crippen molar-refractivity contribution in [3.8, 4) is 0 Å². The van der Waals surface area contributed by atoms with E-state index < -0.39 is 23.7 Å². The van der Waals surface area contributed by atoms with Gasteiger partial charge in [0.1, 0.15) is 5.60 Å². The molecule has 0 aliphatic carbocycles. The number of nitrogens with zero attached hydrogens (tertiary/aromatic N) is 1. The number of hydrogen-bond donors (Lipinski definition) is 1. The van der Waals surface area contributed by atoms with Crippen LogP contribution in [-0.2, 0) is 16.0 Å². The maximum absolute atomic E-state index is 12.3. The minimum absolute atomic E-state index is 0.109. The van der Waals surface area contributed by atoms with E-state index in [1.807, 2.05) is 37.3 Å². The first-order valence-electron chi connectivity index (χ1n) is 7.48. The second-order valence-electron chi connectivity index (χ2n) is 6.21. The molecule has 1 aromatic rings. The number of likely N-dealkylation sites (N-methyl/N-ethyl adjacent to an activating group) is 1. The van der Waals surface area contributed by atoms with Crippen molar-refractivity contribution in [2.75, 3.05) is 6.54 Å². The number of amides is 1. The second kappa shape index (κ2) is 7.82. The van der Waals surface area contributed by atoms with E-state index >= 15 is 0 Å². The quantitative estimate of drug-likeness (QED) is 0.875. The van der Waals surface area contributed by atoms with Crippen molar-refractivity contribution < 1.29 is 19.4 Å². The molecule has 0 radical (unpaired) electrons. The zero-order valence-electron chi connectivity index (χ0n) is 13.7. The first kappa shape index (κ1) is 18.0. The van der Waals surface area contributed by atoms with Gasteiger partial charge in [0.05, 0.1) is 6.42 Å². The van der Waals surface area contributed by atoms with E-state index in [0.29, 0.717) is 13.0 Å². The average Bonchev–Trinajstić information content (AvgIpc) is 2.37. The molecule has 0 bridgehead atoms. The fourth-order valence-electron chi connectivity index (χ4n) is 2.24. The zero-order valence-corrected chi connectivity index (χ0v) is 13.7. The van der Waals surface area contributed by atoms with Crippen LogP contribution in [0.15, 0.2) is 30.3 Å². The fraction of sp³-hybridized carbons (Fsp3) is 0.529. The molecule has 0 unspecified atom stereocenters. The monoisotopic (exact) mass is 307 g/mol. The van der Waals surface area contributed by atoms with Gasteiger partial charge in [0, 0.05) is 12.6 Å². The summed E-state index contributed by atoms with van der Waals surface area (Å²) >= 11 is 0. The molecule has 0 aromatic heterocycles. The standard InChI is InChI=1S/C17H25NO4/c1-5-18(16(21)22-17(2,3)4)14(12-15(19)20)11-13-9-7-6-8-10-13/h6-10,14H,5,11-12H2,1-4H3,(H,19,20)/t14-/m1/s1. The Labute approximate surface area is 131 Å². The Kier molecular flexibility index (Phi) is 6.40. The van der Waals surface area contributed by atoms with Gasteiger partial charge in [0.25, 0.3) is 0 Å². The SMILES string of the molecule is CCN(C(=O)OC(C)(C)C)[C@@H](CC(=O)O)Cc1ccccc1. The summed E-state index contributed by atoms with van der Waals surface area (Å²) in [5.41, 5.74) is 0.390. The number of hydrogen-bond acceptors (Lipinski definition) is 3. The van der Waals surface area contributed by atoms with Crippen molar-refractivity contribution in [3.63, 3.8) is 0 Å². The van der Waals surface area contributed by atoms with Gasteiger partial charge >= 0.3 is 12.1 Å². The van der Waals surface area contributed by atoms with Crippen LogP contribution in [0.4, 0.5) is 4.79 Å². The Morgan fingerprint density at radius 3 is 2.27 bits per heavy atom. The van der Waals surface area contributed by atoms with Crippen LogP contribution in [0.1, 0.15) is 39.7 Å². The van der Waals surface area contributed by atoms with Gasteiger partial charge in [-0.1, -0.05) is 30.3 Å². The molecule has 0 saturated heterocycles. The Balaban J connectivity index is 2.91. The number of ether oxygens (including phenoxy) is 1. The van der Waals surface area contributed by atoms with E-state index in [0.717, 1.165) is 5.56 Å². The summed E-state index contributed by atoms with van der Waals surface area (Å²) in [6, 6.07) is 9.13. The molecule has 1 aromatic carbocycles. The third-order valence-electron chi connectivity index (χ3n) is 3.13. The van der Waals surface area contributed by atoms with E-state index in [1.54, 1.807) is 20.8 Å². The molecular formula is C17H25NO4. The largest absolute Gasteiger partial charge is 0.481 e. The van der Waals surface area contributed by atoms with Gasteiger partial charge in [0.2, 0.25) is 0 Å². The molecule has 122 valence electrons. The Morgan fingerprint density at radius 1 is 1.23 bits per heavy atom. The fourth-order valence-corrected chi connectivity index (χ4v) is 2.24. The third kappa shape index (κ3) is 6.16. The van der Waals surface area contributed by atoms with Crippen LogP contribution in [0.2, 0.25) is 0 Å². The molecule has 0 saturated carbocycles. The van der Waals surface area contributed by atoms with E-state index in [1.165, 1.54) is 4.90 Å². The molecular weight excluding hydrogens is 282 g/mol. The van der Waals surface area contributed by atoms with Crippen molar-refractivity contribution in [2.24, 2.45) is 0 Å². The summed E-state index contributed by atoms with van der Waals surface area (Å²) in [7, 11) is 0. The highest BCUT2D eigenvalue weighted by atomic mass is 16.6. The highest BCUT2D eigenvalue weighted by Gasteiger charge is 2.28. The number of carbonyl (C=O) groups excluding carboxylic acids is 1. The first-order valence-corrected chi connectivity index (χ1v) is 7.48. The predicted molar refractivity (Wildman–Crippen MR) is 84.8 cm³/mol. The number of benzene rings is 1. The topological polar surface area (TPSA) is 66.8 Å². The number of carboxylic acids is 1. The average molecular weight is 307 g/mol. The molecule has 1 N–H and O–H groups in total. The number of carbonyl (C=O) groups is 2. The Hall–Kier alpha value is -2.04. The molecule has 1 rings (SSSR count). The Bertz CT molecular complexity index is 493. The van der Waals surface area contributed by atoms with Crippen molar-refractivity contribution in [3.05, 3.63) is 35.9 Å². The molecule has 5 nitrogen and oxygen atoms in total. The molecule has 0 aliphatic rings. The maximum atomic E-state index is 12.3. The van der Waals surface area contributed by atoms with Crippen LogP contribution in [-0.4, -0.2) is 40.3 Å². The number of carboxylic acid groups (broad SMARTS) is 1. The highest BCUT2D eigenvalue weighted by molar-refractivity contribution is 5.72. The van der Waals surface area contributed by atoms with Crippen molar-refractivity contribution in [1.82, 2.24) is 4.90 Å². The molecule has 22 heavy (non-hydrogen) atoms. The smallest absolute Gasteiger partial charge is 0.410 e. The molecule has 1 atom stereocenters. The Morgan fingerprint density at radius 2 is 1.82 bits per heavy atom. The number of rotatable bonds is 6. The summed E-state index contributed by atoms with van der Waals surface area (Å²) in [6.45, 7) is 7.61. The summed E-state index contributed by atoms with van der Waals surface area (Å²) in [5, 5.41) is 9.14. The van der Waals surface area contributed by atoms with E-state index in [9.17, 15) is 9.59 Å². The third-order valence-corrected chi connectivity index (χ3v) is 3.13. The maximum Gasteiger partial charge on any atom is 0.410 e. The van der Waals surface area contributed by atoms with Crippen LogP contribution in [0, 0.1) is 0 Å². The van der Waals surface area contributed by atoms with Crippen molar-refractivity contribution in [2.45, 2.75) is 52.2 Å². The van der Waals surface area contributed by atoms with Gasteiger partial charge in [0.15, 0.2) is 0 Å². The summed E-state index contributed by atoms with van der Waals surface area (Å²) < 4.78 is 5.39. The van der Waals surface area contributed by atoms with Gasteiger partial charge in [-0.3, -0.25) is 4.79 Å². The predicted octanol–water partition coefficient (Wildman–Crippen LogP) is 3.33. The van der Waals surface area contributed by atoms with E-state index in [2.05, 4.69) is 0 Å². The summed E-state index contributed by atoms with van der Waals surface area (Å²) in [5.74, 6) is -0.928. The minimum Gasteiger partial charge on any atom is -0.481 e. The van der Waals surface area contributed by atoms with E-state index in [-0.39, 0.29) is 6.42 Å². The second-order valence-corrected chi connectivity index (χ2v) is 6.21. The van der Waals surface area contributed by atoms with Crippen LogP contribution >= 0.6 is 0 Å². The van der Waals surface area contributed by atoms with Crippen LogP contribution < -0.4 is 0 Å².